The van der Waals surface area contributed by atoms with E-state index < -0.39 is 5.97 Å². The zero-order valence-electron chi connectivity index (χ0n) is 11.1. The van der Waals surface area contributed by atoms with Crippen LogP contribution >= 0.6 is 0 Å². The van der Waals surface area contributed by atoms with Crippen LogP contribution in [0.5, 0.6) is 0 Å². The highest BCUT2D eigenvalue weighted by Crippen LogP contribution is 2.21. The van der Waals surface area contributed by atoms with Crippen molar-refractivity contribution >= 4 is 16.9 Å². The fraction of sp³-hybridized carbons (Fsp3) is 0.333. The van der Waals surface area contributed by atoms with Crippen molar-refractivity contribution < 1.29 is 9.90 Å². The molecular formula is C15H17NO3. The first-order valence-corrected chi connectivity index (χ1v) is 6.48. The highest BCUT2D eigenvalue weighted by molar-refractivity contribution is 5.94. The molecule has 1 N–H and O–H groups in total. The van der Waals surface area contributed by atoms with Gasteiger partial charge >= 0.3 is 5.97 Å². The van der Waals surface area contributed by atoms with Crippen LogP contribution < -0.4 is 5.56 Å². The number of hydrogen-bond donors (Lipinski definition) is 1. The lowest BCUT2D eigenvalue weighted by Gasteiger charge is -2.13. The van der Waals surface area contributed by atoms with Gasteiger partial charge in [0.15, 0.2) is 0 Å². The second-order valence-corrected chi connectivity index (χ2v) is 4.56. The molecule has 0 saturated heterocycles. The van der Waals surface area contributed by atoms with Gasteiger partial charge in [-0.05, 0) is 42.0 Å². The van der Waals surface area contributed by atoms with Gasteiger partial charge in [-0.15, -0.1) is 0 Å². The maximum Gasteiger partial charge on any atom is 0.335 e. The number of pyridine rings is 1. The van der Waals surface area contributed by atoms with Crippen molar-refractivity contribution in [2.45, 2.75) is 33.2 Å². The molecular weight excluding hydrogens is 242 g/mol. The molecule has 4 heteroatoms. The van der Waals surface area contributed by atoms with Crippen LogP contribution in [-0.4, -0.2) is 15.6 Å². The van der Waals surface area contributed by atoms with Gasteiger partial charge < -0.3 is 9.67 Å². The fourth-order valence-corrected chi connectivity index (χ4v) is 2.38. The molecule has 1 aromatic heterocycles. The summed E-state index contributed by atoms with van der Waals surface area (Å²) in [5, 5.41) is 9.93. The molecule has 1 heterocycles. The molecule has 0 unspecified atom stereocenters. The van der Waals surface area contributed by atoms with E-state index in [0.29, 0.717) is 13.0 Å². The maximum atomic E-state index is 12.0. The first kappa shape index (κ1) is 13.3. The Balaban J connectivity index is 2.85. The summed E-state index contributed by atoms with van der Waals surface area (Å²) in [7, 11) is 0. The third-order valence-corrected chi connectivity index (χ3v) is 3.23. The first-order chi connectivity index (χ1) is 9.08. The Morgan fingerprint density at radius 2 is 2.00 bits per heavy atom. The van der Waals surface area contributed by atoms with Crippen molar-refractivity contribution in [1.29, 1.82) is 0 Å². The Bertz CT molecular complexity index is 686. The molecule has 0 spiro atoms. The zero-order valence-corrected chi connectivity index (χ0v) is 11.1. The van der Waals surface area contributed by atoms with Crippen LogP contribution in [0.15, 0.2) is 29.1 Å². The summed E-state index contributed by atoms with van der Waals surface area (Å²) in [5.41, 5.74) is 2.00. The van der Waals surface area contributed by atoms with Crippen molar-refractivity contribution in [3.63, 3.8) is 0 Å². The molecule has 0 atom stereocenters. The maximum absolute atomic E-state index is 12.0. The number of hydrogen-bond acceptors (Lipinski definition) is 2. The van der Waals surface area contributed by atoms with E-state index in [4.69, 9.17) is 5.11 Å². The molecule has 0 radical (unpaired) electrons. The number of carboxylic acids is 1. The number of fused-ring (bicyclic) bond motifs is 1. The summed E-state index contributed by atoms with van der Waals surface area (Å²) in [6, 6.07) is 6.50. The normalized spacial score (nSPS) is 10.8. The Morgan fingerprint density at radius 3 is 2.58 bits per heavy atom. The van der Waals surface area contributed by atoms with Crippen molar-refractivity contribution in [2.75, 3.05) is 0 Å². The molecule has 0 saturated carbocycles. The number of nitrogens with zero attached hydrogens (tertiary/aromatic N) is 1. The van der Waals surface area contributed by atoms with E-state index in [0.717, 1.165) is 22.9 Å². The Kier molecular flexibility index (Phi) is 3.69. The monoisotopic (exact) mass is 259 g/mol. The SMILES string of the molecule is CCCn1c(=O)ccc2cc(C(=O)O)cc(CC)c21. The molecule has 100 valence electrons. The third kappa shape index (κ3) is 2.38. The lowest BCUT2D eigenvalue weighted by Crippen LogP contribution is -2.20. The number of rotatable bonds is 4. The van der Waals surface area contributed by atoms with Gasteiger partial charge in [0.1, 0.15) is 0 Å². The van der Waals surface area contributed by atoms with E-state index in [-0.39, 0.29) is 11.1 Å². The van der Waals surface area contributed by atoms with Gasteiger partial charge in [-0.3, -0.25) is 4.79 Å². The summed E-state index contributed by atoms with van der Waals surface area (Å²) in [6.45, 7) is 4.63. The summed E-state index contributed by atoms with van der Waals surface area (Å²) < 4.78 is 1.74. The number of aryl methyl sites for hydroxylation is 2. The van der Waals surface area contributed by atoms with Crippen LogP contribution in [0, 0.1) is 0 Å². The molecule has 0 fully saturated rings. The van der Waals surface area contributed by atoms with E-state index in [1.165, 1.54) is 6.07 Å². The number of aromatic nitrogens is 1. The van der Waals surface area contributed by atoms with E-state index in [1.807, 2.05) is 13.8 Å². The van der Waals surface area contributed by atoms with Crippen molar-refractivity contribution in [3.05, 3.63) is 45.7 Å². The molecule has 19 heavy (non-hydrogen) atoms. The van der Waals surface area contributed by atoms with Crippen LogP contribution in [0.1, 0.15) is 36.2 Å². The number of aromatic carboxylic acids is 1. The summed E-state index contributed by atoms with van der Waals surface area (Å²) >= 11 is 0. The minimum Gasteiger partial charge on any atom is -0.478 e. The largest absolute Gasteiger partial charge is 0.478 e. The van der Waals surface area contributed by atoms with Crippen molar-refractivity contribution in [1.82, 2.24) is 4.57 Å². The highest BCUT2D eigenvalue weighted by atomic mass is 16.4. The molecule has 0 aliphatic heterocycles. The molecule has 4 nitrogen and oxygen atoms in total. The van der Waals surface area contributed by atoms with E-state index in [1.54, 1.807) is 22.8 Å². The van der Waals surface area contributed by atoms with Crippen LogP contribution in [0.2, 0.25) is 0 Å². The van der Waals surface area contributed by atoms with Gasteiger partial charge in [0.2, 0.25) is 0 Å². The second-order valence-electron chi connectivity index (χ2n) is 4.56. The molecule has 0 bridgehead atoms. The first-order valence-electron chi connectivity index (χ1n) is 6.48. The Hall–Kier alpha value is -2.10. The van der Waals surface area contributed by atoms with E-state index in [2.05, 4.69) is 0 Å². The molecule has 0 amide bonds. The lowest BCUT2D eigenvalue weighted by molar-refractivity contribution is 0.0697. The molecule has 1 aromatic carbocycles. The van der Waals surface area contributed by atoms with Gasteiger partial charge in [-0.2, -0.15) is 0 Å². The van der Waals surface area contributed by atoms with Gasteiger partial charge in [0.25, 0.3) is 5.56 Å². The molecule has 2 rings (SSSR count). The number of carbonyl (C=O) groups is 1. The van der Waals surface area contributed by atoms with Gasteiger partial charge in [-0.25, -0.2) is 4.79 Å². The molecule has 0 aliphatic carbocycles. The van der Waals surface area contributed by atoms with Crippen molar-refractivity contribution in [2.24, 2.45) is 0 Å². The van der Waals surface area contributed by atoms with Gasteiger partial charge in [0, 0.05) is 12.6 Å². The van der Waals surface area contributed by atoms with Gasteiger partial charge in [-0.1, -0.05) is 13.8 Å². The van der Waals surface area contributed by atoms with E-state index in [9.17, 15) is 9.59 Å². The standard InChI is InChI=1S/C15H17NO3/c1-3-7-16-13(17)6-5-11-9-12(15(18)19)8-10(4-2)14(11)16/h5-6,8-9H,3-4,7H2,1-2H3,(H,18,19). The quantitative estimate of drug-likeness (QED) is 0.918. The molecule has 0 aliphatic rings. The third-order valence-electron chi connectivity index (χ3n) is 3.23. The van der Waals surface area contributed by atoms with Crippen LogP contribution in [-0.2, 0) is 13.0 Å². The van der Waals surface area contributed by atoms with Crippen molar-refractivity contribution in [3.8, 4) is 0 Å². The molecule has 2 aromatic rings. The summed E-state index contributed by atoms with van der Waals surface area (Å²) in [6.07, 6.45) is 1.56. The minimum absolute atomic E-state index is 0.0351. The van der Waals surface area contributed by atoms with Crippen LogP contribution in [0.4, 0.5) is 0 Å². The topological polar surface area (TPSA) is 59.3 Å². The zero-order chi connectivity index (χ0) is 14.0. The average molecular weight is 259 g/mol. The second kappa shape index (κ2) is 5.26. The van der Waals surface area contributed by atoms with Crippen LogP contribution in [0.3, 0.4) is 0 Å². The smallest absolute Gasteiger partial charge is 0.335 e. The predicted molar refractivity (Wildman–Crippen MR) is 74.8 cm³/mol. The fourth-order valence-electron chi connectivity index (χ4n) is 2.38. The summed E-state index contributed by atoms with van der Waals surface area (Å²) in [5.74, 6) is -0.940. The number of benzene rings is 1. The number of carboxylic acid groups (broad SMARTS) is 1. The van der Waals surface area contributed by atoms with E-state index >= 15 is 0 Å². The lowest BCUT2D eigenvalue weighted by atomic mass is 10.0. The van der Waals surface area contributed by atoms with Crippen LogP contribution in [0.25, 0.3) is 10.9 Å². The predicted octanol–water partition coefficient (Wildman–Crippen LogP) is 2.67. The Labute approximate surface area is 111 Å². The Morgan fingerprint density at radius 1 is 1.26 bits per heavy atom. The average Bonchev–Trinajstić information content (AvgIpc) is 2.40. The minimum atomic E-state index is -0.940. The highest BCUT2D eigenvalue weighted by Gasteiger charge is 2.11. The van der Waals surface area contributed by atoms with Gasteiger partial charge in [0.05, 0.1) is 11.1 Å². The summed E-state index contributed by atoms with van der Waals surface area (Å²) in [4.78, 5) is 23.1.